The molecule has 3 aliphatic rings. The molecule has 7 rings (SSSR count). The molecule has 0 spiro atoms. The average Bonchev–Trinajstić information content (AvgIpc) is 3.91. The molecule has 11 nitrogen and oxygen atoms in total. The van der Waals surface area contributed by atoms with Gasteiger partial charge in [-0.2, -0.15) is 0 Å². The summed E-state index contributed by atoms with van der Waals surface area (Å²) in [5, 5.41) is 3.57. The smallest absolute Gasteiger partial charge is 0.329 e. The van der Waals surface area contributed by atoms with E-state index in [1.165, 1.54) is 30.2 Å². The van der Waals surface area contributed by atoms with E-state index < -0.39 is 41.0 Å². The molecule has 1 saturated carbocycles. The van der Waals surface area contributed by atoms with Crippen LogP contribution in [0.15, 0.2) is 65.5 Å². The maximum absolute atomic E-state index is 15.7. The number of carbonyl (C=O) groups is 3. The van der Waals surface area contributed by atoms with Crippen LogP contribution in [0.25, 0.3) is 22.0 Å². The molecule has 3 unspecified atom stereocenters. The Bertz CT molecular complexity index is 2170. The minimum Gasteiger partial charge on any atom is -0.492 e. The van der Waals surface area contributed by atoms with E-state index in [1.54, 1.807) is 19.1 Å². The van der Waals surface area contributed by atoms with Gasteiger partial charge in [-0.1, -0.05) is 42.5 Å². The molecule has 3 heterocycles. The number of nitrogens with one attached hydrogen (secondary N) is 1. The maximum Gasteiger partial charge on any atom is 0.329 e. The largest absolute Gasteiger partial charge is 0.492 e. The van der Waals surface area contributed by atoms with Gasteiger partial charge in [-0.05, 0) is 69.2 Å². The number of fused-ring (bicyclic) bond motifs is 1. The molecule has 0 radical (unpaired) electrons. The van der Waals surface area contributed by atoms with E-state index in [2.05, 4.69) is 5.32 Å². The molecule has 2 saturated heterocycles. The van der Waals surface area contributed by atoms with Crippen LogP contribution in [0.1, 0.15) is 75.6 Å². The fourth-order valence-corrected chi connectivity index (χ4v) is 7.96. The number of likely N-dealkylation sites (tertiary alicyclic amines) is 1. The van der Waals surface area contributed by atoms with Crippen molar-refractivity contribution in [2.24, 2.45) is 0 Å². The first-order valence-electron chi connectivity index (χ1n) is 19.5. The number of methoxy groups -OCH3 is 1. The second-order valence-electron chi connectivity index (χ2n) is 15.0. The number of anilines is 1. The molecule has 296 valence electrons. The van der Waals surface area contributed by atoms with Gasteiger partial charge in [0.05, 0.1) is 36.2 Å². The van der Waals surface area contributed by atoms with Crippen LogP contribution in [0.5, 0.6) is 5.75 Å². The topological polar surface area (TPSA) is 119 Å². The summed E-state index contributed by atoms with van der Waals surface area (Å²) >= 11 is 0. The third-order valence-corrected chi connectivity index (χ3v) is 11.0. The fraction of sp³-hybridized carbons (Fsp3) is 0.442. The van der Waals surface area contributed by atoms with Crippen LogP contribution < -0.4 is 20.4 Å². The fourth-order valence-electron chi connectivity index (χ4n) is 7.96. The van der Waals surface area contributed by atoms with Gasteiger partial charge in [0.15, 0.2) is 17.0 Å². The van der Waals surface area contributed by atoms with E-state index >= 15 is 4.39 Å². The van der Waals surface area contributed by atoms with Crippen molar-refractivity contribution in [2.75, 3.05) is 44.8 Å². The van der Waals surface area contributed by atoms with Gasteiger partial charge >= 0.3 is 11.9 Å². The van der Waals surface area contributed by atoms with Gasteiger partial charge in [0.1, 0.15) is 24.2 Å². The second-order valence-corrected chi connectivity index (χ2v) is 15.0. The molecule has 2 aliphatic heterocycles. The van der Waals surface area contributed by atoms with Crippen molar-refractivity contribution in [1.82, 2.24) is 14.8 Å². The van der Waals surface area contributed by atoms with Gasteiger partial charge in [-0.15, -0.1) is 0 Å². The highest BCUT2D eigenvalue weighted by Crippen LogP contribution is 2.44. The van der Waals surface area contributed by atoms with Crippen molar-refractivity contribution in [3.8, 4) is 16.9 Å². The number of rotatable bonds is 13. The van der Waals surface area contributed by atoms with Crippen molar-refractivity contribution in [1.29, 1.82) is 0 Å². The molecule has 0 bridgehead atoms. The molecule has 1 amide bonds. The number of amides is 1. The molecular weight excluding hydrogens is 722 g/mol. The van der Waals surface area contributed by atoms with E-state index in [-0.39, 0.29) is 55.2 Å². The number of hydrogen-bond acceptors (Lipinski definition) is 9. The van der Waals surface area contributed by atoms with Crippen LogP contribution in [0, 0.1) is 11.6 Å². The number of hydrogen-bond donors (Lipinski definition) is 1. The number of pyridine rings is 1. The lowest BCUT2D eigenvalue weighted by Gasteiger charge is -2.35. The predicted molar refractivity (Wildman–Crippen MR) is 208 cm³/mol. The number of benzene rings is 3. The maximum atomic E-state index is 15.7. The third-order valence-electron chi connectivity index (χ3n) is 11.0. The van der Waals surface area contributed by atoms with Crippen molar-refractivity contribution in [3.05, 3.63) is 93.8 Å². The lowest BCUT2D eigenvalue weighted by molar-refractivity contribution is -0.154. The minimum absolute atomic E-state index is 0.00808. The van der Waals surface area contributed by atoms with Gasteiger partial charge in [0.2, 0.25) is 5.91 Å². The first-order valence-corrected chi connectivity index (χ1v) is 19.5. The van der Waals surface area contributed by atoms with Crippen molar-refractivity contribution in [3.63, 3.8) is 0 Å². The number of carbonyl (C=O) groups excluding carboxylic acids is 3. The molecule has 13 heteroatoms. The number of nitrogens with zero attached hydrogens (tertiary/aromatic N) is 3. The summed E-state index contributed by atoms with van der Waals surface area (Å²) < 4.78 is 49.7. The molecule has 3 atom stereocenters. The Morgan fingerprint density at radius 2 is 1.75 bits per heavy atom. The summed E-state index contributed by atoms with van der Waals surface area (Å²) in [5.74, 6) is -2.73. The monoisotopic (exact) mass is 770 g/mol. The first-order chi connectivity index (χ1) is 27.0. The summed E-state index contributed by atoms with van der Waals surface area (Å²) in [7, 11) is 1.47. The van der Waals surface area contributed by atoms with E-state index in [1.807, 2.05) is 46.7 Å². The standard InChI is InChI=1S/C43H48F2N4O7/c1-26-24-47(19-17-46-26)40-35(45)23-33-37(50)22-31(49(30-14-15-30)39(33)41(40)54-3)25-56-43(53)36-11-7-18-48(36)38(51)12-8-20-55-42(52)27(2)29-13-16-32(34(44)21-29)28-9-5-4-6-10-28/h4-6,9-10,13,16,21-23,26-27,30,36,46H,7-8,11-12,14-15,17-20,24-25H2,1-3H3. The molecule has 1 N–H and O–H groups in total. The second kappa shape index (κ2) is 16.8. The molecule has 56 heavy (non-hydrogen) atoms. The Hall–Kier alpha value is -5.30. The molecule has 1 aliphatic carbocycles. The minimum atomic E-state index is -0.787. The summed E-state index contributed by atoms with van der Waals surface area (Å²) in [6.45, 7) is 5.67. The van der Waals surface area contributed by atoms with Crippen molar-refractivity contribution < 1.29 is 37.4 Å². The molecule has 4 aromatic rings. The summed E-state index contributed by atoms with van der Waals surface area (Å²) in [6.07, 6.45) is 3.05. The average molecular weight is 771 g/mol. The third kappa shape index (κ3) is 8.14. The van der Waals surface area contributed by atoms with Gasteiger partial charge in [0.25, 0.3) is 0 Å². The summed E-state index contributed by atoms with van der Waals surface area (Å²) in [4.78, 5) is 56.5. The summed E-state index contributed by atoms with van der Waals surface area (Å²) in [6, 6.07) is 15.9. The van der Waals surface area contributed by atoms with Crippen molar-refractivity contribution >= 4 is 34.4 Å². The highest BCUT2D eigenvalue weighted by molar-refractivity contribution is 5.92. The van der Waals surface area contributed by atoms with Crippen LogP contribution in [-0.2, 0) is 30.5 Å². The number of ether oxygens (including phenoxy) is 3. The van der Waals surface area contributed by atoms with E-state index in [0.717, 1.165) is 18.4 Å². The number of aromatic nitrogens is 1. The Kier molecular flexibility index (Phi) is 11.7. The highest BCUT2D eigenvalue weighted by atomic mass is 19.1. The van der Waals surface area contributed by atoms with Gasteiger partial charge in [0, 0.05) is 56.3 Å². The zero-order valence-electron chi connectivity index (χ0n) is 32.0. The lowest BCUT2D eigenvalue weighted by Crippen LogP contribution is -2.49. The van der Waals surface area contributed by atoms with Gasteiger partial charge in [-0.25, -0.2) is 13.6 Å². The zero-order chi connectivity index (χ0) is 39.5. The van der Waals surface area contributed by atoms with Crippen molar-refractivity contribution in [2.45, 2.75) is 83.0 Å². The summed E-state index contributed by atoms with van der Waals surface area (Å²) in [5.41, 5.74) is 2.54. The van der Waals surface area contributed by atoms with E-state index in [9.17, 15) is 23.6 Å². The Morgan fingerprint density at radius 3 is 2.46 bits per heavy atom. The van der Waals surface area contributed by atoms with E-state index in [0.29, 0.717) is 67.0 Å². The number of halogens is 2. The Balaban J connectivity index is 0.969. The van der Waals surface area contributed by atoms with Crippen LogP contribution in [0.3, 0.4) is 0 Å². The molecule has 1 aromatic heterocycles. The lowest BCUT2D eigenvalue weighted by atomic mass is 9.97. The molecule has 3 aromatic carbocycles. The van der Waals surface area contributed by atoms with E-state index in [4.69, 9.17) is 14.2 Å². The van der Waals surface area contributed by atoms with Crippen LogP contribution in [-0.4, -0.2) is 79.3 Å². The van der Waals surface area contributed by atoms with Crippen LogP contribution in [0.4, 0.5) is 14.5 Å². The van der Waals surface area contributed by atoms with Crippen LogP contribution >= 0.6 is 0 Å². The van der Waals surface area contributed by atoms with Gasteiger partial charge < -0.3 is 33.9 Å². The predicted octanol–water partition coefficient (Wildman–Crippen LogP) is 6.25. The SMILES string of the molecule is COc1c(N2CCNC(C)C2)c(F)cc2c(=O)cc(COC(=O)C3CCCN3C(=O)CCCOC(=O)C(C)c3ccc(-c4ccccc4)c(F)c3)n(C3CC3)c12. The Morgan fingerprint density at radius 1 is 0.964 bits per heavy atom. The van der Waals surface area contributed by atoms with Gasteiger partial charge in [-0.3, -0.25) is 14.4 Å². The quantitative estimate of drug-likeness (QED) is 0.124. The molecular formula is C43H48F2N4O7. The highest BCUT2D eigenvalue weighted by Gasteiger charge is 2.36. The normalized spacial score (nSPS) is 18.9. The number of esters is 2. The van der Waals surface area contributed by atoms with Crippen LogP contribution in [0.2, 0.25) is 0 Å². The number of piperazine rings is 1. The zero-order valence-corrected chi connectivity index (χ0v) is 32.0. The first kappa shape index (κ1) is 39.0. The Labute approximate surface area is 324 Å². The molecule has 3 fully saturated rings.